The number of benzene rings is 1. The van der Waals surface area contributed by atoms with E-state index in [1.165, 1.54) is 6.21 Å². The average Bonchev–Trinajstić information content (AvgIpc) is 2.82. The first-order chi connectivity index (χ1) is 8.08. The Morgan fingerprint density at radius 2 is 1.88 bits per heavy atom. The molecular formula is C11H8BrNO2S2. The number of hydrogen-bond donors (Lipinski definition) is 0. The number of sulfonamides is 1. The molecule has 2 aromatic rings. The van der Waals surface area contributed by atoms with Crippen molar-refractivity contribution in [3.05, 3.63) is 51.8 Å². The van der Waals surface area contributed by atoms with Gasteiger partial charge in [-0.3, -0.25) is 0 Å². The smallest absolute Gasteiger partial charge is 0.198 e. The highest BCUT2D eigenvalue weighted by atomic mass is 79.9. The fourth-order valence-electron chi connectivity index (χ4n) is 1.14. The molecule has 0 unspecified atom stereocenters. The maximum atomic E-state index is 11.7. The molecule has 3 nitrogen and oxygen atoms in total. The van der Waals surface area contributed by atoms with Gasteiger partial charge in [0.2, 0.25) is 0 Å². The molecule has 1 aromatic carbocycles. The lowest BCUT2D eigenvalue weighted by Crippen LogP contribution is -1.94. The van der Waals surface area contributed by atoms with Crippen molar-refractivity contribution in [1.82, 2.24) is 0 Å². The van der Waals surface area contributed by atoms with Crippen LogP contribution in [0.5, 0.6) is 0 Å². The maximum absolute atomic E-state index is 11.7. The molecule has 0 saturated carbocycles. The van der Waals surface area contributed by atoms with Gasteiger partial charge in [0, 0.05) is 10.7 Å². The lowest BCUT2D eigenvalue weighted by molar-refractivity contribution is 0.600. The van der Waals surface area contributed by atoms with Crippen LogP contribution in [0.25, 0.3) is 0 Å². The molecule has 0 aliphatic carbocycles. The molecule has 0 fully saturated rings. The summed E-state index contributed by atoms with van der Waals surface area (Å²) < 4.78 is 28.3. The molecule has 1 aromatic heterocycles. The Kier molecular flexibility index (Phi) is 3.76. The van der Waals surface area contributed by atoms with E-state index in [2.05, 4.69) is 20.3 Å². The summed E-state index contributed by atoms with van der Waals surface area (Å²) in [5.74, 6) is 0. The fraction of sp³-hybridized carbons (Fsp3) is 0. The minimum absolute atomic E-state index is 0.255. The van der Waals surface area contributed by atoms with Gasteiger partial charge in [0.15, 0.2) is 0 Å². The molecule has 0 aliphatic heterocycles. The van der Waals surface area contributed by atoms with Crippen LogP contribution in [0.2, 0.25) is 0 Å². The number of thiophene rings is 1. The summed E-state index contributed by atoms with van der Waals surface area (Å²) in [7, 11) is -3.55. The summed E-state index contributed by atoms with van der Waals surface area (Å²) in [5.41, 5.74) is 0.744. The fourth-order valence-corrected chi connectivity index (χ4v) is 3.25. The van der Waals surface area contributed by atoms with Crippen LogP contribution in [0.15, 0.2) is 54.9 Å². The van der Waals surface area contributed by atoms with Crippen molar-refractivity contribution in [1.29, 1.82) is 0 Å². The number of rotatable bonds is 3. The summed E-state index contributed by atoms with van der Waals surface area (Å²) in [6.07, 6.45) is 1.35. The molecule has 0 N–H and O–H groups in total. The van der Waals surface area contributed by atoms with Crippen molar-refractivity contribution in [2.75, 3.05) is 0 Å². The lowest BCUT2D eigenvalue weighted by atomic mass is 10.2. The number of hydrogen-bond acceptors (Lipinski definition) is 3. The van der Waals surface area contributed by atoms with Crippen molar-refractivity contribution < 1.29 is 8.42 Å². The second-order valence-corrected chi connectivity index (χ2v) is 6.92. The van der Waals surface area contributed by atoms with Crippen LogP contribution in [0.3, 0.4) is 0 Å². The Balaban J connectivity index is 2.24. The van der Waals surface area contributed by atoms with Gasteiger partial charge < -0.3 is 0 Å². The van der Waals surface area contributed by atoms with Crippen molar-refractivity contribution in [2.24, 2.45) is 4.40 Å². The normalized spacial score (nSPS) is 12.1. The van der Waals surface area contributed by atoms with Gasteiger partial charge in [-0.25, -0.2) is 0 Å². The van der Waals surface area contributed by atoms with Crippen LogP contribution >= 0.6 is 27.3 Å². The summed E-state index contributed by atoms with van der Waals surface area (Å²) in [6, 6.07) is 10.5. The van der Waals surface area contributed by atoms with Crippen LogP contribution in [0.1, 0.15) is 5.56 Å². The molecule has 1 heterocycles. The number of halogens is 1. The molecule has 88 valence electrons. The molecule has 2 rings (SSSR count). The van der Waals surface area contributed by atoms with E-state index in [1.54, 1.807) is 29.6 Å². The van der Waals surface area contributed by atoms with Gasteiger partial charge in [0.25, 0.3) is 10.0 Å². The first-order valence-electron chi connectivity index (χ1n) is 4.67. The molecule has 0 amide bonds. The predicted octanol–water partition coefficient (Wildman–Crippen LogP) is 3.32. The Morgan fingerprint density at radius 3 is 2.47 bits per heavy atom. The predicted molar refractivity (Wildman–Crippen MR) is 73.2 cm³/mol. The molecule has 0 atom stereocenters. The van der Waals surface area contributed by atoms with Crippen LogP contribution in [-0.2, 0) is 10.0 Å². The third kappa shape index (κ3) is 3.24. The molecule has 17 heavy (non-hydrogen) atoms. The van der Waals surface area contributed by atoms with E-state index in [9.17, 15) is 8.42 Å². The van der Waals surface area contributed by atoms with E-state index in [0.29, 0.717) is 0 Å². The standard InChI is InChI=1S/C11H8BrNO2S2/c12-10-5-3-9(4-6-10)8-13-17(14,15)11-2-1-7-16-11/h1-8H/b13-8+. The van der Waals surface area contributed by atoms with Crippen molar-refractivity contribution in [3.8, 4) is 0 Å². The van der Waals surface area contributed by atoms with E-state index < -0.39 is 10.0 Å². The molecule has 0 aliphatic rings. The second-order valence-electron chi connectivity index (χ2n) is 3.19. The minimum atomic E-state index is -3.55. The van der Waals surface area contributed by atoms with Crippen molar-refractivity contribution in [2.45, 2.75) is 4.21 Å². The monoisotopic (exact) mass is 329 g/mol. The third-order valence-electron chi connectivity index (χ3n) is 1.96. The van der Waals surface area contributed by atoms with Crippen LogP contribution < -0.4 is 0 Å². The topological polar surface area (TPSA) is 46.5 Å². The van der Waals surface area contributed by atoms with Gasteiger partial charge in [-0.2, -0.15) is 12.8 Å². The summed E-state index contributed by atoms with van der Waals surface area (Å²) in [4.78, 5) is 0. The Bertz CT molecular complexity index is 616. The molecule has 6 heteroatoms. The zero-order valence-electron chi connectivity index (χ0n) is 8.58. The van der Waals surface area contributed by atoms with E-state index in [4.69, 9.17) is 0 Å². The molecular weight excluding hydrogens is 322 g/mol. The third-order valence-corrected chi connectivity index (χ3v) is 5.10. The average molecular weight is 330 g/mol. The molecule has 0 radical (unpaired) electrons. The SMILES string of the molecule is O=S(=O)(/N=C/c1ccc(Br)cc1)c1cccs1. The van der Waals surface area contributed by atoms with Gasteiger partial charge in [0.05, 0.1) is 0 Å². The van der Waals surface area contributed by atoms with Gasteiger partial charge >= 0.3 is 0 Å². The van der Waals surface area contributed by atoms with Gasteiger partial charge in [-0.15, -0.1) is 11.3 Å². The highest BCUT2D eigenvalue weighted by Gasteiger charge is 2.11. The van der Waals surface area contributed by atoms with Crippen molar-refractivity contribution in [3.63, 3.8) is 0 Å². The Hall–Kier alpha value is -0.980. The lowest BCUT2D eigenvalue weighted by Gasteiger charge is -1.94. The zero-order chi connectivity index (χ0) is 12.3. The molecule has 0 saturated heterocycles. The summed E-state index contributed by atoms with van der Waals surface area (Å²) in [6.45, 7) is 0. The highest BCUT2D eigenvalue weighted by molar-refractivity contribution is 9.10. The Labute approximate surface area is 112 Å². The van der Waals surface area contributed by atoms with E-state index in [-0.39, 0.29) is 4.21 Å². The Morgan fingerprint density at radius 1 is 1.18 bits per heavy atom. The van der Waals surface area contributed by atoms with Crippen LogP contribution in [-0.4, -0.2) is 14.6 Å². The maximum Gasteiger partial charge on any atom is 0.291 e. The number of nitrogens with zero attached hydrogens (tertiary/aromatic N) is 1. The quantitative estimate of drug-likeness (QED) is 0.811. The van der Waals surface area contributed by atoms with Crippen LogP contribution in [0, 0.1) is 0 Å². The van der Waals surface area contributed by atoms with E-state index in [1.807, 2.05) is 12.1 Å². The van der Waals surface area contributed by atoms with Gasteiger partial charge in [-0.1, -0.05) is 34.1 Å². The summed E-state index contributed by atoms with van der Waals surface area (Å²) >= 11 is 4.46. The van der Waals surface area contributed by atoms with E-state index >= 15 is 0 Å². The summed E-state index contributed by atoms with van der Waals surface area (Å²) in [5, 5.41) is 1.71. The second kappa shape index (κ2) is 5.12. The minimum Gasteiger partial charge on any atom is -0.198 e. The zero-order valence-corrected chi connectivity index (χ0v) is 11.8. The van der Waals surface area contributed by atoms with E-state index in [0.717, 1.165) is 21.4 Å². The largest absolute Gasteiger partial charge is 0.291 e. The molecule has 0 spiro atoms. The van der Waals surface area contributed by atoms with Gasteiger partial charge in [-0.05, 0) is 29.1 Å². The van der Waals surface area contributed by atoms with Gasteiger partial charge in [0.1, 0.15) is 4.21 Å². The first kappa shape index (κ1) is 12.5. The first-order valence-corrected chi connectivity index (χ1v) is 7.79. The van der Waals surface area contributed by atoms with Crippen LogP contribution in [0.4, 0.5) is 0 Å². The van der Waals surface area contributed by atoms with Crippen molar-refractivity contribution >= 4 is 43.5 Å². The molecule has 0 bridgehead atoms. The highest BCUT2D eigenvalue weighted by Crippen LogP contribution is 2.18.